The Morgan fingerprint density at radius 2 is 2.55 bits per heavy atom. The second kappa shape index (κ2) is 3.68. The summed E-state index contributed by atoms with van der Waals surface area (Å²) in [6.45, 7) is 0. The number of thioether (sulfide) groups is 1. The van der Waals surface area contributed by atoms with Gasteiger partial charge in [-0.25, -0.2) is 4.98 Å². The summed E-state index contributed by atoms with van der Waals surface area (Å²) in [6.07, 6.45) is 1.82. The molecule has 0 radical (unpaired) electrons. The molecule has 1 N–H and O–H groups in total. The molecule has 0 atom stereocenters. The maximum Gasteiger partial charge on any atom is 0.310 e. The molecule has 60 valence electrons. The van der Waals surface area contributed by atoms with Gasteiger partial charge in [0.15, 0.2) is 5.16 Å². The molecule has 4 nitrogen and oxygen atoms in total. The normalized spacial score (nSPS) is 9.91. The molecule has 1 rings (SSSR count). The van der Waals surface area contributed by atoms with Crippen LogP contribution in [0.2, 0.25) is 0 Å². The predicted molar refractivity (Wildman–Crippen MR) is 43.0 cm³/mol. The molecule has 0 saturated heterocycles. The highest BCUT2D eigenvalue weighted by molar-refractivity contribution is 7.98. The van der Waals surface area contributed by atoms with E-state index in [1.807, 2.05) is 6.26 Å². The smallest absolute Gasteiger partial charge is 0.310 e. The van der Waals surface area contributed by atoms with Crippen molar-refractivity contribution in [3.63, 3.8) is 0 Å². The number of carboxylic acid groups (broad SMARTS) is 1. The van der Waals surface area contributed by atoms with Crippen LogP contribution in [-0.4, -0.2) is 26.7 Å². The van der Waals surface area contributed by atoms with Crippen LogP contribution in [0, 0.1) is 0 Å². The number of nitrogens with zero attached hydrogens (tertiary/aromatic N) is 2. The lowest BCUT2D eigenvalue weighted by molar-refractivity contribution is -0.136. The number of carboxylic acids is 1. The van der Waals surface area contributed by atoms with E-state index in [1.165, 1.54) is 11.8 Å². The van der Waals surface area contributed by atoms with Crippen LogP contribution < -0.4 is 0 Å². The van der Waals surface area contributed by atoms with E-state index in [2.05, 4.69) is 9.36 Å². The van der Waals surface area contributed by atoms with Crippen LogP contribution in [0.5, 0.6) is 0 Å². The molecule has 0 unspecified atom stereocenters. The van der Waals surface area contributed by atoms with E-state index in [0.717, 1.165) is 11.5 Å². The molecule has 0 aromatic carbocycles. The zero-order valence-electron chi connectivity index (χ0n) is 5.77. The van der Waals surface area contributed by atoms with Gasteiger partial charge in [0.2, 0.25) is 0 Å². The maximum absolute atomic E-state index is 10.2. The van der Waals surface area contributed by atoms with Crippen LogP contribution in [0.1, 0.15) is 5.01 Å². The van der Waals surface area contributed by atoms with Gasteiger partial charge < -0.3 is 5.11 Å². The Morgan fingerprint density at radius 1 is 1.82 bits per heavy atom. The molecule has 0 saturated carbocycles. The highest BCUT2D eigenvalue weighted by atomic mass is 32.2. The van der Waals surface area contributed by atoms with Crippen LogP contribution in [0.15, 0.2) is 5.16 Å². The molecule has 0 aliphatic rings. The summed E-state index contributed by atoms with van der Waals surface area (Å²) in [5.41, 5.74) is 0. The Hall–Kier alpha value is -0.620. The van der Waals surface area contributed by atoms with Crippen molar-refractivity contribution in [1.82, 2.24) is 9.36 Å². The summed E-state index contributed by atoms with van der Waals surface area (Å²) in [6, 6.07) is 0. The van der Waals surface area contributed by atoms with E-state index in [1.54, 1.807) is 0 Å². The van der Waals surface area contributed by atoms with Gasteiger partial charge >= 0.3 is 5.97 Å². The molecule has 1 aromatic heterocycles. The van der Waals surface area contributed by atoms with Crippen molar-refractivity contribution in [2.24, 2.45) is 0 Å². The minimum Gasteiger partial charge on any atom is -0.481 e. The Labute approximate surface area is 71.8 Å². The minimum atomic E-state index is -0.867. The zero-order valence-corrected chi connectivity index (χ0v) is 7.41. The third kappa shape index (κ3) is 2.47. The fraction of sp³-hybridized carbons (Fsp3) is 0.400. The summed E-state index contributed by atoms with van der Waals surface area (Å²) < 4.78 is 3.92. The molecular formula is C5H6N2O2S2. The quantitative estimate of drug-likeness (QED) is 0.717. The Balaban J connectivity index is 2.65. The maximum atomic E-state index is 10.2. The number of hydrogen-bond donors (Lipinski definition) is 1. The fourth-order valence-corrected chi connectivity index (χ4v) is 1.73. The molecule has 0 fully saturated rings. The molecule has 0 amide bonds. The highest BCUT2D eigenvalue weighted by Gasteiger charge is 2.06. The first-order valence-electron chi connectivity index (χ1n) is 2.80. The molecule has 1 heterocycles. The third-order valence-corrected chi connectivity index (χ3v) is 2.31. The van der Waals surface area contributed by atoms with Crippen molar-refractivity contribution < 1.29 is 9.90 Å². The monoisotopic (exact) mass is 190 g/mol. The van der Waals surface area contributed by atoms with Crippen molar-refractivity contribution in [2.45, 2.75) is 11.6 Å². The Kier molecular flexibility index (Phi) is 2.84. The number of rotatable bonds is 3. The minimum absolute atomic E-state index is 0.0295. The van der Waals surface area contributed by atoms with Crippen molar-refractivity contribution in [3.8, 4) is 0 Å². The largest absolute Gasteiger partial charge is 0.481 e. The number of aliphatic carboxylic acids is 1. The van der Waals surface area contributed by atoms with Gasteiger partial charge in [0.05, 0.1) is 6.42 Å². The van der Waals surface area contributed by atoms with Crippen molar-refractivity contribution in [3.05, 3.63) is 5.01 Å². The van der Waals surface area contributed by atoms with Crippen LogP contribution >= 0.6 is 23.3 Å². The zero-order chi connectivity index (χ0) is 8.27. The standard InChI is InChI=1S/C5H6N2O2S2/c1-10-5-6-3(11-7-5)2-4(8)9/h2H2,1H3,(H,8,9). The molecule has 0 aliphatic heterocycles. The van der Waals surface area contributed by atoms with E-state index >= 15 is 0 Å². The molecule has 11 heavy (non-hydrogen) atoms. The summed E-state index contributed by atoms with van der Waals surface area (Å²) in [4.78, 5) is 14.2. The lowest BCUT2D eigenvalue weighted by Gasteiger charge is -1.84. The third-order valence-electron chi connectivity index (χ3n) is 0.934. The van der Waals surface area contributed by atoms with Crippen LogP contribution in [0.4, 0.5) is 0 Å². The molecule has 0 bridgehead atoms. The molecule has 0 spiro atoms. The first kappa shape index (κ1) is 8.48. The summed E-state index contributed by atoms with van der Waals surface area (Å²) in [7, 11) is 0. The lowest BCUT2D eigenvalue weighted by atomic mass is 10.5. The number of aromatic nitrogens is 2. The van der Waals surface area contributed by atoms with E-state index in [-0.39, 0.29) is 6.42 Å². The van der Waals surface area contributed by atoms with Gasteiger partial charge in [0, 0.05) is 0 Å². The topological polar surface area (TPSA) is 63.1 Å². The molecular weight excluding hydrogens is 184 g/mol. The average Bonchev–Trinajstić information content (AvgIpc) is 2.34. The molecule has 0 aliphatic carbocycles. The second-order valence-corrected chi connectivity index (χ2v) is 3.36. The first-order chi connectivity index (χ1) is 5.22. The van der Waals surface area contributed by atoms with Gasteiger partial charge in [0.1, 0.15) is 5.01 Å². The first-order valence-corrected chi connectivity index (χ1v) is 4.80. The summed E-state index contributed by atoms with van der Waals surface area (Å²) >= 11 is 2.55. The molecule has 6 heteroatoms. The van der Waals surface area contributed by atoms with Crippen LogP contribution in [0.25, 0.3) is 0 Å². The van der Waals surface area contributed by atoms with Gasteiger partial charge in [-0.1, -0.05) is 11.8 Å². The van der Waals surface area contributed by atoms with E-state index in [9.17, 15) is 4.79 Å². The average molecular weight is 190 g/mol. The fourth-order valence-electron chi connectivity index (χ4n) is 0.523. The van der Waals surface area contributed by atoms with Gasteiger partial charge in [0.25, 0.3) is 0 Å². The van der Waals surface area contributed by atoms with Gasteiger partial charge in [-0.15, -0.1) is 0 Å². The SMILES string of the molecule is CSc1nsc(CC(=O)O)n1. The Morgan fingerprint density at radius 3 is 3.00 bits per heavy atom. The van der Waals surface area contributed by atoms with Gasteiger partial charge in [-0.2, -0.15) is 4.37 Å². The van der Waals surface area contributed by atoms with Crippen molar-refractivity contribution in [1.29, 1.82) is 0 Å². The van der Waals surface area contributed by atoms with Crippen molar-refractivity contribution >= 4 is 29.3 Å². The number of hydrogen-bond acceptors (Lipinski definition) is 5. The molecule has 1 aromatic rings. The van der Waals surface area contributed by atoms with Gasteiger partial charge in [-0.3, -0.25) is 4.79 Å². The van der Waals surface area contributed by atoms with Crippen LogP contribution in [0.3, 0.4) is 0 Å². The van der Waals surface area contributed by atoms with E-state index in [4.69, 9.17) is 5.11 Å². The highest BCUT2D eigenvalue weighted by Crippen LogP contribution is 2.13. The van der Waals surface area contributed by atoms with E-state index in [0.29, 0.717) is 10.2 Å². The van der Waals surface area contributed by atoms with E-state index < -0.39 is 5.97 Å². The van der Waals surface area contributed by atoms with Crippen LogP contribution in [-0.2, 0) is 11.2 Å². The summed E-state index contributed by atoms with van der Waals surface area (Å²) in [5, 5.41) is 9.58. The number of carbonyl (C=O) groups is 1. The summed E-state index contributed by atoms with van der Waals surface area (Å²) in [5.74, 6) is -0.867. The lowest BCUT2D eigenvalue weighted by Crippen LogP contribution is -1.98. The Bertz CT molecular complexity index is 261. The second-order valence-electron chi connectivity index (χ2n) is 1.75. The van der Waals surface area contributed by atoms with Gasteiger partial charge in [-0.05, 0) is 17.8 Å². The van der Waals surface area contributed by atoms with Crippen molar-refractivity contribution in [2.75, 3.05) is 6.26 Å². The predicted octanol–water partition coefficient (Wildman–Crippen LogP) is 0.887.